The molecule has 0 aromatic rings. The molecular formula is C47H79NO18. The van der Waals surface area contributed by atoms with Crippen molar-refractivity contribution in [2.75, 3.05) is 49.1 Å². The Bertz CT molecular complexity index is 1570. The number of hydrogen-bond donors (Lipinski definition) is 0. The topological polar surface area (TPSA) is 216 Å². The van der Waals surface area contributed by atoms with Crippen LogP contribution in [0.5, 0.6) is 0 Å². The van der Waals surface area contributed by atoms with Crippen molar-refractivity contribution in [3.05, 3.63) is 0 Å². The van der Waals surface area contributed by atoms with Crippen LogP contribution < -0.4 is 0 Å². The summed E-state index contributed by atoms with van der Waals surface area (Å²) in [5.41, 5.74) is 0. The molecule has 3 rings (SSSR count). The van der Waals surface area contributed by atoms with Crippen molar-refractivity contribution < 1.29 is 85.6 Å². The predicted molar refractivity (Wildman–Crippen MR) is 235 cm³/mol. The maximum Gasteiger partial charge on any atom is 0.313 e. The number of likely N-dealkylation sites (N-methyl/N-ethyl adjacent to an activating group) is 1. The summed E-state index contributed by atoms with van der Waals surface area (Å²) in [6.45, 7) is 14.7. The molecule has 0 N–H and O–H groups in total. The molecule has 3 aliphatic heterocycles. The van der Waals surface area contributed by atoms with E-state index in [1.54, 1.807) is 39.8 Å². The number of esters is 4. The fraction of sp³-hybridized carbons (Fsp3) is 0.872. The van der Waals surface area contributed by atoms with Crippen LogP contribution in [0.1, 0.15) is 107 Å². The minimum atomic E-state index is -1.29. The highest BCUT2D eigenvalue weighted by Gasteiger charge is 2.52. The van der Waals surface area contributed by atoms with Crippen LogP contribution in [0.25, 0.3) is 0 Å². The van der Waals surface area contributed by atoms with E-state index in [1.807, 2.05) is 20.8 Å². The first kappa shape index (κ1) is 57.2. The summed E-state index contributed by atoms with van der Waals surface area (Å²) in [6.07, 6.45) is -8.85. The molecule has 3 saturated heterocycles. The molecule has 0 bridgehead atoms. The van der Waals surface area contributed by atoms with Gasteiger partial charge in [-0.1, -0.05) is 27.7 Å². The first-order valence-corrected chi connectivity index (χ1v) is 23.2. The molecule has 19 nitrogen and oxygen atoms in total. The highest BCUT2D eigenvalue weighted by molar-refractivity contribution is 5.97. The third-order valence-corrected chi connectivity index (χ3v) is 13.1. The molecule has 0 amide bonds. The second-order valence-electron chi connectivity index (χ2n) is 18.4. The number of carbonyl (C=O) groups excluding carboxylic acids is 6. The van der Waals surface area contributed by atoms with Crippen molar-refractivity contribution in [2.45, 2.75) is 187 Å². The third-order valence-electron chi connectivity index (χ3n) is 13.1. The predicted octanol–water partition coefficient (Wildman–Crippen LogP) is 4.21. The lowest BCUT2D eigenvalue weighted by atomic mass is 9.79. The Morgan fingerprint density at radius 1 is 0.697 bits per heavy atom. The first-order valence-electron chi connectivity index (χ1n) is 23.2. The van der Waals surface area contributed by atoms with Gasteiger partial charge in [0, 0.05) is 79.8 Å². The standard InChI is InChI=1S/C47H79NO18/c1-16-36-33(23-59-46-45(58-15)44(57-14)42(28(6)60-46)63-30(8)50)19-24(2)17-18-34(52)25(3)20-32(21-38(55-12)56-13)40(26(4)35(53)22-37(54)65-36)66-47-43(64-31(9)51)39(48(10)11)41(27(5)61-47)62-29(7)49/h24-28,32-33,36,38-47H,16-23H2,1-15H3/t24?,25?,26?,27-,28-,32?,33?,36?,39+,40?,41-,42-,43-,44-,45+,46-,47+/m1/s1. The van der Waals surface area contributed by atoms with Crippen LogP contribution in [0.4, 0.5) is 0 Å². The van der Waals surface area contributed by atoms with Gasteiger partial charge in [0.15, 0.2) is 31.1 Å². The van der Waals surface area contributed by atoms with Gasteiger partial charge in [-0.05, 0) is 65.5 Å². The molecule has 17 atom stereocenters. The Kier molecular flexibility index (Phi) is 23.5. The van der Waals surface area contributed by atoms with Gasteiger partial charge in [0.2, 0.25) is 0 Å². The second-order valence-corrected chi connectivity index (χ2v) is 18.4. The molecule has 0 radical (unpaired) electrons. The zero-order valence-electron chi connectivity index (χ0n) is 41.8. The lowest BCUT2D eigenvalue weighted by molar-refractivity contribution is -0.307. The number of carbonyl (C=O) groups is 6. The van der Waals surface area contributed by atoms with Crippen molar-refractivity contribution in [3.63, 3.8) is 0 Å². The smallest absolute Gasteiger partial charge is 0.313 e. The number of cyclic esters (lactones) is 1. The SMILES string of the molecule is CCC1OC(=O)CC(=O)C(C)C(O[C@@H]2O[C@H](C)[C@@H](OC(C)=O)[C@H](N(C)C)[C@H]2OC(C)=O)C(CC(OC)OC)CC(C)C(=O)CCC(C)CC1CO[C@@H]1O[C@H](C)[C@@H](OC(C)=O)[C@@H](OC)[C@@H]1OC. The highest BCUT2D eigenvalue weighted by atomic mass is 16.7. The number of ketones is 2. The molecule has 7 unspecified atom stereocenters. The Morgan fingerprint density at radius 2 is 1.26 bits per heavy atom. The lowest BCUT2D eigenvalue weighted by Crippen LogP contribution is -2.65. The molecule has 0 saturated carbocycles. The Hall–Kier alpha value is -3.14. The number of rotatable bonds is 16. The van der Waals surface area contributed by atoms with Gasteiger partial charge in [0.05, 0.1) is 31.0 Å². The van der Waals surface area contributed by atoms with Crippen molar-refractivity contribution >= 4 is 35.4 Å². The van der Waals surface area contributed by atoms with Crippen LogP contribution in [0.15, 0.2) is 0 Å². The fourth-order valence-corrected chi connectivity index (χ4v) is 9.64. The van der Waals surface area contributed by atoms with Crippen molar-refractivity contribution in [2.24, 2.45) is 29.6 Å². The Morgan fingerprint density at radius 3 is 1.80 bits per heavy atom. The van der Waals surface area contributed by atoms with E-state index >= 15 is 0 Å². The van der Waals surface area contributed by atoms with Gasteiger partial charge in [-0.25, -0.2) is 0 Å². The molecule has 3 heterocycles. The average Bonchev–Trinajstić information content (AvgIpc) is 3.24. The number of methoxy groups -OCH3 is 4. The summed E-state index contributed by atoms with van der Waals surface area (Å²) in [5.74, 6) is -5.46. The number of ether oxygens (including phenoxy) is 12. The average molecular weight is 946 g/mol. The van der Waals surface area contributed by atoms with E-state index in [4.69, 9.17) is 56.8 Å². The van der Waals surface area contributed by atoms with Crippen LogP contribution in [0, 0.1) is 29.6 Å². The Labute approximate surface area is 391 Å². The molecule has 19 heteroatoms. The largest absolute Gasteiger partial charge is 0.462 e. The quantitative estimate of drug-likeness (QED) is 0.0917. The van der Waals surface area contributed by atoms with Gasteiger partial charge in [0.1, 0.15) is 42.4 Å². The normalized spacial score (nSPS) is 36.7. The monoisotopic (exact) mass is 946 g/mol. The fourth-order valence-electron chi connectivity index (χ4n) is 9.64. The van der Waals surface area contributed by atoms with E-state index in [1.165, 1.54) is 49.2 Å². The van der Waals surface area contributed by atoms with Gasteiger partial charge < -0.3 is 56.8 Å². The summed E-state index contributed by atoms with van der Waals surface area (Å²) in [7, 11) is 9.42. The van der Waals surface area contributed by atoms with E-state index in [-0.39, 0.29) is 37.6 Å². The summed E-state index contributed by atoms with van der Waals surface area (Å²) in [4.78, 5) is 81.1. The maximum atomic E-state index is 14.5. The molecule has 0 aromatic carbocycles. The highest BCUT2D eigenvalue weighted by Crippen LogP contribution is 2.37. The molecule has 3 fully saturated rings. The van der Waals surface area contributed by atoms with E-state index in [9.17, 15) is 28.8 Å². The number of nitrogens with zero attached hydrogens (tertiary/aromatic N) is 1. The lowest BCUT2D eigenvalue weighted by Gasteiger charge is -2.48. The number of Topliss-reactive ketones (excluding diaryl/α,β-unsaturated/α-hetero) is 2. The van der Waals surface area contributed by atoms with Gasteiger partial charge in [-0.2, -0.15) is 0 Å². The van der Waals surface area contributed by atoms with E-state index in [0.29, 0.717) is 19.3 Å². The van der Waals surface area contributed by atoms with E-state index in [0.717, 1.165) is 0 Å². The zero-order chi connectivity index (χ0) is 49.6. The number of hydrogen-bond acceptors (Lipinski definition) is 19. The van der Waals surface area contributed by atoms with Crippen LogP contribution in [-0.4, -0.2) is 169 Å². The Balaban J connectivity index is 2.04. The summed E-state index contributed by atoms with van der Waals surface area (Å²) in [6, 6.07) is -0.735. The summed E-state index contributed by atoms with van der Waals surface area (Å²) in [5, 5.41) is 0. The third kappa shape index (κ3) is 16.0. The second kappa shape index (κ2) is 27.2. The van der Waals surface area contributed by atoms with Crippen LogP contribution in [0.3, 0.4) is 0 Å². The summed E-state index contributed by atoms with van der Waals surface area (Å²) < 4.78 is 71.8. The molecule has 0 aromatic heterocycles. The molecule has 3 aliphatic rings. The van der Waals surface area contributed by atoms with Crippen LogP contribution in [0.2, 0.25) is 0 Å². The van der Waals surface area contributed by atoms with Gasteiger partial charge in [-0.15, -0.1) is 0 Å². The van der Waals surface area contributed by atoms with Gasteiger partial charge in [-0.3, -0.25) is 33.7 Å². The molecule has 66 heavy (non-hydrogen) atoms. The van der Waals surface area contributed by atoms with Crippen molar-refractivity contribution in [1.82, 2.24) is 4.90 Å². The molecule has 380 valence electrons. The van der Waals surface area contributed by atoms with Crippen LogP contribution in [-0.2, 0) is 85.6 Å². The zero-order valence-corrected chi connectivity index (χ0v) is 41.8. The minimum Gasteiger partial charge on any atom is -0.462 e. The molecule has 0 spiro atoms. The molecular weight excluding hydrogens is 867 g/mol. The maximum absolute atomic E-state index is 14.5. The van der Waals surface area contributed by atoms with Gasteiger partial charge >= 0.3 is 23.9 Å². The van der Waals surface area contributed by atoms with Crippen molar-refractivity contribution in [1.29, 1.82) is 0 Å². The van der Waals surface area contributed by atoms with Crippen molar-refractivity contribution in [3.8, 4) is 0 Å². The first-order chi connectivity index (χ1) is 31.1. The van der Waals surface area contributed by atoms with Crippen LogP contribution >= 0.6 is 0 Å². The van der Waals surface area contributed by atoms with Gasteiger partial charge in [0.25, 0.3) is 0 Å². The van der Waals surface area contributed by atoms with E-state index in [2.05, 4.69) is 0 Å². The molecule has 0 aliphatic carbocycles. The summed E-state index contributed by atoms with van der Waals surface area (Å²) >= 11 is 0. The minimum absolute atomic E-state index is 0.00650. The van der Waals surface area contributed by atoms with E-state index < -0.39 is 140 Å².